The molecule has 0 aromatic heterocycles. The molecule has 0 heterocycles. The van der Waals surface area contributed by atoms with Crippen LogP contribution >= 0.6 is 15.9 Å². The molecule has 1 aromatic rings. The molecule has 102 valence electrons. The Morgan fingerprint density at radius 1 is 1.53 bits per heavy atom. The van der Waals surface area contributed by atoms with Crippen LogP contribution in [0.2, 0.25) is 0 Å². The van der Waals surface area contributed by atoms with Gasteiger partial charge in [-0.25, -0.2) is 0 Å². The zero-order chi connectivity index (χ0) is 13.8. The number of hydrogen-bond donors (Lipinski definition) is 3. The fourth-order valence-electron chi connectivity index (χ4n) is 1.99. The van der Waals surface area contributed by atoms with Gasteiger partial charge < -0.3 is 16.3 Å². The fourth-order valence-corrected chi connectivity index (χ4v) is 2.47. The van der Waals surface area contributed by atoms with Crippen LogP contribution in [0.1, 0.15) is 31.2 Å². The number of carbonyl (C=O) groups excluding carboxylic acids is 1. The predicted octanol–water partition coefficient (Wildman–Crippen LogP) is 2.67. The third-order valence-electron chi connectivity index (χ3n) is 3.35. The van der Waals surface area contributed by atoms with Crippen LogP contribution in [0.4, 0.5) is 5.69 Å². The van der Waals surface area contributed by atoms with Crippen molar-refractivity contribution in [3.05, 3.63) is 28.2 Å². The van der Waals surface area contributed by atoms with E-state index in [1.54, 1.807) is 18.2 Å². The standard InChI is InChI=1S/C13H16BrN3O2/c14-10-7-9(13(15)17-19)4-5-11(10)16-12(18)6-8-2-1-3-8/h4-5,7-8,19H,1-3,6H2,(H2,15,17)(H,16,18). The van der Waals surface area contributed by atoms with Crippen LogP contribution < -0.4 is 11.1 Å². The van der Waals surface area contributed by atoms with Crippen LogP contribution in [0.15, 0.2) is 27.8 Å². The van der Waals surface area contributed by atoms with Crippen molar-refractivity contribution in [2.75, 3.05) is 5.32 Å². The normalized spacial score (nSPS) is 15.9. The van der Waals surface area contributed by atoms with Crippen molar-refractivity contribution in [3.63, 3.8) is 0 Å². The van der Waals surface area contributed by atoms with Crippen molar-refractivity contribution in [1.82, 2.24) is 0 Å². The Morgan fingerprint density at radius 2 is 2.26 bits per heavy atom. The van der Waals surface area contributed by atoms with Crippen LogP contribution in [-0.2, 0) is 4.79 Å². The van der Waals surface area contributed by atoms with E-state index in [2.05, 4.69) is 26.4 Å². The predicted molar refractivity (Wildman–Crippen MR) is 77.2 cm³/mol. The molecule has 5 nitrogen and oxygen atoms in total. The maximum Gasteiger partial charge on any atom is 0.224 e. The average Bonchev–Trinajstić information content (AvgIpc) is 2.35. The first-order valence-corrected chi connectivity index (χ1v) is 6.96. The highest BCUT2D eigenvalue weighted by Gasteiger charge is 2.20. The number of amides is 1. The molecular formula is C13H16BrN3O2. The maximum atomic E-state index is 11.8. The van der Waals surface area contributed by atoms with Crippen molar-refractivity contribution >= 4 is 33.4 Å². The summed E-state index contributed by atoms with van der Waals surface area (Å²) in [4.78, 5) is 11.8. The van der Waals surface area contributed by atoms with Gasteiger partial charge in [0, 0.05) is 16.5 Å². The largest absolute Gasteiger partial charge is 0.409 e. The molecule has 0 bridgehead atoms. The Morgan fingerprint density at radius 3 is 2.79 bits per heavy atom. The molecule has 1 aliphatic carbocycles. The molecule has 2 rings (SSSR count). The van der Waals surface area contributed by atoms with E-state index in [4.69, 9.17) is 10.9 Å². The second-order valence-electron chi connectivity index (χ2n) is 4.73. The third-order valence-corrected chi connectivity index (χ3v) is 4.00. The fraction of sp³-hybridized carbons (Fsp3) is 0.385. The Hall–Kier alpha value is -1.56. The number of benzene rings is 1. The summed E-state index contributed by atoms with van der Waals surface area (Å²) in [6, 6.07) is 5.13. The minimum absolute atomic E-state index is 0.0296. The van der Waals surface area contributed by atoms with Crippen molar-refractivity contribution in [2.45, 2.75) is 25.7 Å². The Balaban J connectivity index is 2.02. The monoisotopic (exact) mass is 325 g/mol. The van der Waals surface area contributed by atoms with Crippen molar-refractivity contribution in [2.24, 2.45) is 16.8 Å². The summed E-state index contributed by atoms with van der Waals surface area (Å²) in [5.74, 6) is 0.602. The van der Waals surface area contributed by atoms with E-state index in [9.17, 15) is 4.79 Å². The number of rotatable bonds is 4. The summed E-state index contributed by atoms with van der Waals surface area (Å²) in [6.07, 6.45) is 4.11. The molecule has 4 N–H and O–H groups in total. The van der Waals surface area contributed by atoms with Crippen molar-refractivity contribution in [1.29, 1.82) is 0 Å². The van der Waals surface area contributed by atoms with Gasteiger partial charge in [0.25, 0.3) is 0 Å². The SMILES string of the molecule is N/C(=N/O)c1ccc(NC(=O)CC2CCC2)c(Br)c1. The summed E-state index contributed by atoms with van der Waals surface area (Å²) in [5, 5.41) is 14.4. The second-order valence-corrected chi connectivity index (χ2v) is 5.58. The Bertz CT molecular complexity index is 513. The first-order chi connectivity index (χ1) is 9.10. The first kappa shape index (κ1) is 13.9. The molecule has 0 radical (unpaired) electrons. The molecule has 0 unspecified atom stereocenters. The molecule has 1 aromatic carbocycles. The molecule has 19 heavy (non-hydrogen) atoms. The highest BCUT2D eigenvalue weighted by molar-refractivity contribution is 9.10. The lowest BCUT2D eigenvalue weighted by molar-refractivity contribution is -0.117. The molecule has 0 aliphatic heterocycles. The van der Waals surface area contributed by atoms with Gasteiger partial charge in [0.1, 0.15) is 0 Å². The van der Waals surface area contributed by atoms with Crippen molar-refractivity contribution < 1.29 is 10.0 Å². The summed E-state index contributed by atoms with van der Waals surface area (Å²) in [5.41, 5.74) is 6.78. The topological polar surface area (TPSA) is 87.7 Å². The summed E-state index contributed by atoms with van der Waals surface area (Å²) in [6.45, 7) is 0. The maximum absolute atomic E-state index is 11.8. The summed E-state index contributed by atoms with van der Waals surface area (Å²) in [7, 11) is 0. The van der Waals surface area contributed by atoms with Gasteiger partial charge in [-0.2, -0.15) is 0 Å². The minimum atomic E-state index is 0.0296. The van der Waals surface area contributed by atoms with Gasteiger partial charge in [-0.15, -0.1) is 0 Å². The number of nitrogens with two attached hydrogens (primary N) is 1. The summed E-state index contributed by atoms with van der Waals surface area (Å²) >= 11 is 3.36. The number of oxime groups is 1. The van der Waals surface area contributed by atoms with Crippen LogP contribution in [-0.4, -0.2) is 17.0 Å². The average molecular weight is 326 g/mol. The van der Waals surface area contributed by atoms with Crippen LogP contribution in [0.25, 0.3) is 0 Å². The van der Waals surface area contributed by atoms with Crippen LogP contribution in [0.3, 0.4) is 0 Å². The molecular weight excluding hydrogens is 310 g/mol. The molecule has 1 saturated carbocycles. The van der Waals surface area contributed by atoms with Gasteiger partial charge in [-0.1, -0.05) is 11.6 Å². The number of carbonyl (C=O) groups is 1. The van der Waals surface area contributed by atoms with Crippen LogP contribution in [0, 0.1) is 5.92 Å². The molecule has 1 aliphatic rings. The van der Waals surface area contributed by atoms with E-state index in [0.717, 1.165) is 12.8 Å². The highest BCUT2D eigenvalue weighted by atomic mass is 79.9. The van der Waals surface area contributed by atoms with Gasteiger partial charge in [0.05, 0.1) is 5.69 Å². The van der Waals surface area contributed by atoms with Gasteiger partial charge in [-0.3, -0.25) is 4.79 Å². The smallest absolute Gasteiger partial charge is 0.224 e. The lowest BCUT2D eigenvalue weighted by Crippen LogP contribution is -2.21. The number of nitrogens with zero attached hydrogens (tertiary/aromatic N) is 1. The van der Waals surface area contributed by atoms with E-state index < -0.39 is 0 Å². The number of anilines is 1. The van der Waals surface area contributed by atoms with Crippen LogP contribution in [0.5, 0.6) is 0 Å². The van der Waals surface area contributed by atoms with E-state index in [-0.39, 0.29) is 11.7 Å². The minimum Gasteiger partial charge on any atom is -0.409 e. The number of nitrogens with one attached hydrogen (secondary N) is 1. The zero-order valence-corrected chi connectivity index (χ0v) is 12.0. The lowest BCUT2D eigenvalue weighted by atomic mass is 9.83. The Kier molecular flexibility index (Phi) is 4.42. The zero-order valence-electron chi connectivity index (χ0n) is 10.4. The van der Waals surface area contributed by atoms with Gasteiger partial charge in [0.2, 0.25) is 5.91 Å². The van der Waals surface area contributed by atoms with E-state index >= 15 is 0 Å². The van der Waals surface area contributed by atoms with E-state index in [1.807, 2.05) is 0 Å². The third kappa shape index (κ3) is 3.47. The Labute approximate surface area is 120 Å². The highest BCUT2D eigenvalue weighted by Crippen LogP contribution is 2.30. The van der Waals surface area contributed by atoms with Gasteiger partial charge >= 0.3 is 0 Å². The molecule has 1 fully saturated rings. The molecule has 1 amide bonds. The molecule has 0 spiro atoms. The number of amidine groups is 1. The number of halogens is 1. The van der Waals surface area contributed by atoms with Gasteiger partial charge in [-0.05, 0) is 52.9 Å². The summed E-state index contributed by atoms with van der Waals surface area (Å²) < 4.78 is 0.707. The molecule has 0 atom stereocenters. The van der Waals surface area contributed by atoms with E-state index in [0.29, 0.717) is 28.1 Å². The molecule has 0 saturated heterocycles. The van der Waals surface area contributed by atoms with E-state index in [1.165, 1.54) is 6.42 Å². The first-order valence-electron chi connectivity index (χ1n) is 6.17. The number of hydrogen-bond acceptors (Lipinski definition) is 3. The van der Waals surface area contributed by atoms with Gasteiger partial charge in [0.15, 0.2) is 5.84 Å². The quantitative estimate of drug-likeness (QED) is 0.344. The molecule has 6 heteroatoms. The lowest BCUT2D eigenvalue weighted by Gasteiger charge is -2.24. The van der Waals surface area contributed by atoms with Crippen molar-refractivity contribution in [3.8, 4) is 0 Å². The second kappa shape index (κ2) is 6.06.